The lowest BCUT2D eigenvalue weighted by atomic mass is 10.0. The van der Waals surface area contributed by atoms with Crippen LogP contribution >= 0.6 is 0 Å². The highest BCUT2D eigenvalue weighted by molar-refractivity contribution is 7.90. The van der Waals surface area contributed by atoms with Gasteiger partial charge in [0.05, 0.1) is 18.2 Å². The second-order valence-corrected chi connectivity index (χ2v) is 6.96. The molecule has 2 aromatic rings. The number of methoxy groups -OCH3 is 1. The van der Waals surface area contributed by atoms with Crippen LogP contribution in [0.15, 0.2) is 17.2 Å². The Morgan fingerprint density at radius 3 is 2.26 bits per heavy atom. The number of hydrogen-bond acceptors (Lipinski definition) is 5. The van der Waals surface area contributed by atoms with E-state index in [-0.39, 0.29) is 16.3 Å². The zero-order valence-corrected chi connectivity index (χ0v) is 14.5. The molecule has 0 unspecified atom stereocenters. The number of carbonyl (C=O) groups is 1. The molecular weight excluding hydrogens is 318 g/mol. The Morgan fingerprint density at radius 2 is 1.74 bits per heavy atom. The molecule has 0 atom stereocenters. The zero-order chi connectivity index (χ0) is 17.4. The Hall–Kier alpha value is -2.35. The van der Waals surface area contributed by atoms with Crippen LogP contribution in [-0.4, -0.2) is 31.6 Å². The van der Waals surface area contributed by atoms with E-state index in [1.54, 1.807) is 13.8 Å². The molecule has 2 rings (SSSR count). The highest BCUT2D eigenvalue weighted by atomic mass is 32.2. The molecule has 0 spiro atoms. The van der Waals surface area contributed by atoms with Crippen LogP contribution in [0, 0.1) is 27.7 Å². The predicted octanol–water partition coefficient (Wildman–Crippen LogP) is 1.77. The molecule has 2 N–H and O–H groups in total. The molecule has 0 aliphatic carbocycles. The third-order valence-electron chi connectivity index (χ3n) is 3.84. The Bertz CT molecular complexity index is 843. The fraction of sp³-hybridized carbons (Fsp3) is 0.333. The van der Waals surface area contributed by atoms with Crippen LogP contribution < -0.4 is 9.46 Å². The minimum atomic E-state index is -4.02. The van der Waals surface area contributed by atoms with Gasteiger partial charge in [-0.3, -0.25) is 9.89 Å². The number of ether oxygens (including phenoxy) is 1. The molecule has 1 aromatic heterocycles. The van der Waals surface area contributed by atoms with E-state index in [9.17, 15) is 13.2 Å². The summed E-state index contributed by atoms with van der Waals surface area (Å²) in [4.78, 5) is 12.4. The number of aromatic amines is 1. The SMILES string of the molecule is COc1cn[nH]c1C(=O)NS(=O)(=O)c1c(C)c(C)cc(C)c1C. The number of benzene rings is 1. The third-order valence-corrected chi connectivity index (χ3v) is 5.45. The van der Waals surface area contributed by atoms with Crippen LogP contribution in [0.1, 0.15) is 32.7 Å². The highest BCUT2D eigenvalue weighted by Crippen LogP contribution is 2.26. The second kappa shape index (κ2) is 6.04. The van der Waals surface area contributed by atoms with E-state index in [1.807, 2.05) is 19.9 Å². The normalized spacial score (nSPS) is 11.3. The molecule has 124 valence electrons. The van der Waals surface area contributed by atoms with Gasteiger partial charge in [-0.15, -0.1) is 0 Å². The average Bonchev–Trinajstić information content (AvgIpc) is 2.93. The largest absolute Gasteiger partial charge is 0.493 e. The number of sulfonamides is 1. The molecule has 7 nitrogen and oxygen atoms in total. The molecule has 1 heterocycles. The van der Waals surface area contributed by atoms with E-state index >= 15 is 0 Å². The lowest BCUT2D eigenvalue weighted by Gasteiger charge is -2.16. The van der Waals surface area contributed by atoms with Gasteiger partial charge in [0.1, 0.15) is 0 Å². The molecule has 1 amide bonds. The van der Waals surface area contributed by atoms with Crippen molar-refractivity contribution in [3.63, 3.8) is 0 Å². The van der Waals surface area contributed by atoms with E-state index in [2.05, 4.69) is 14.9 Å². The van der Waals surface area contributed by atoms with Crippen molar-refractivity contribution >= 4 is 15.9 Å². The van der Waals surface area contributed by atoms with Crippen LogP contribution in [0.2, 0.25) is 0 Å². The molecule has 8 heteroatoms. The summed E-state index contributed by atoms with van der Waals surface area (Å²) in [6.45, 7) is 7.11. The molecule has 0 bridgehead atoms. The van der Waals surface area contributed by atoms with Crippen molar-refractivity contribution in [1.29, 1.82) is 0 Å². The van der Waals surface area contributed by atoms with Gasteiger partial charge in [0.25, 0.3) is 15.9 Å². The fourth-order valence-corrected chi connectivity index (χ4v) is 3.98. The number of rotatable bonds is 4. The van der Waals surface area contributed by atoms with Crippen molar-refractivity contribution in [2.24, 2.45) is 0 Å². The quantitative estimate of drug-likeness (QED) is 0.885. The number of H-pyrrole nitrogens is 1. The number of nitrogens with one attached hydrogen (secondary N) is 2. The van der Waals surface area contributed by atoms with Crippen molar-refractivity contribution < 1.29 is 17.9 Å². The van der Waals surface area contributed by atoms with Gasteiger partial charge >= 0.3 is 0 Å². The Kier molecular flexibility index (Phi) is 4.46. The molecule has 0 saturated carbocycles. The first-order chi connectivity index (χ1) is 10.7. The Morgan fingerprint density at radius 1 is 1.17 bits per heavy atom. The van der Waals surface area contributed by atoms with Crippen LogP contribution in [0.25, 0.3) is 0 Å². The van der Waals surface area contributed by atoms with Gasteiger partial charge in [0.15, 0.2) is 11.4 Å². The van der Waals surface area contributed by atoms with E-state index in [0.717, 1.165) is 11.1 Å². The van der Waals surface area contributed by atoms with Gasteiger partial charge in [-0.2, -0.15) is 5.10 Å². The number of hydrogen-bond donors (Lipinski definition) is 2. The summed E-state index contributed by atoms with van der Waals surface area (Å²) in [5.74, 6) is -0.649. The van der Waals surface area contributed by atoms with E-state index in [1.165, 1.54) is 13.3 Å². The number of carbonyl (C=O) groups excluding carboxylic acids is 1. The first-order valence-corrected chi connectivity index (χ1v) is 8.39. The number of aryl methyl sites for hydroxylation is 2. The van der Waals surface area contributed by atoms with Gasteiger partial charge in [0.2, 0.25) is 0 Å². The summed E-state index contributed by atoms with van der Waals surface area (Å²) in [6, 6.07) is 1.92. The van der Waals surface area contributed by atoms with Crippen molar-refractivity contribution in [1.82, 2.24) is 14.9 Å². The molecule has 0 saturated heterocycles. The topological polar surface area (TPSA) is 101 Å². The first kappa shape index (κ1) is 17.0. The molecule has 0 fully saturated rings. The summed E-state index contributed by atoms with van der Waals surface area (Å²) in [7, 11) is -2.65. The highest BCUT2D eigenvalue weighted by Gasteiger charge is 2.26. The van der Waals surface area contributed by atoms with Gasteiger partial charge in [-0.05, 0) is 49.9 Å². The Labute approximate surface area is 135 Å². The fourth-order valence-electron chi connectivity index (χ4n) is 2.40. The predicted molar refractivity (Wildman–Crippen MR) is 85.2 cm³/mol. The maximum atomic E-state index is 12.7. The van der Waals surface area contributed by atoms with E-state index < -0.39 is 15.9 Å². The third kappa shape index (κ3) is 3.07. The summed E-state index contributed by atoms with van der Waals surface area (Å²) in [5.41, 5.74) is 2.88. The minimum Gasteiger partial charge on any atom is -0.493 e. The van der Waals surface area contributed by atoms with Gasteiger partial charge in [-0.25, -0.2) is 13.1 Å². The van der Waals surface area contributed by atoms with Crippen LogP contribution in [-0.2, 0) is 10.0 Å². The lowest BCUT2D eigenvalue weighted by molar-refractivity contribution is 0.0973. The maximum Gasteiger partial charge on any atom is 0.286 e. The molecule has 23 heavy (non-hydrogen) atoms. The van der Waals surface area contributed by atoms with Crippen molar-refractivity contribution in [3.8, 4) is 5.75 Å². The molecular formula is C15H19N3O4S. The summed E-state index contributed by atoms with van der Waals surface area (Å²) in [6.07, 6.45) is 1.30. The van der Waals surface area contributed by atoms with Crippen LogP contribution in [0.3, 0.4) is 0 Å². The standard InChI is InChI=1S/C15H19N3O4S/c1-8-6-9(2)11(4)14(10(8)3)23(20,21)18-15(19)13-12(22-5)7-16-17-13/h6-7H,1-5H3,(H,16,17)(H,18,19). The summed E-state index contributed by atoms with van der Waals surface area (Å²) < 4.78 is 32.4. The number of nitrogens with zero attached hydrogens (tertiary/aromatic N) is 1. The molecule has 1 aromatic carbocycles. The van der Waals surface area contributed by atoms with Crippen LogP contribution in [0.4, 0.5) is 0 Å². The maximum absolute atomic E-state index is 12.7. The zero-order valence-electron chi connectivity index (χ0n) is 13.6. The smallest absolute Gasteiger partial charge is 0.286 e. The van der Waals surface area contributed by atoms with Crippen molar-refractivity contribution in [2.75, 3.05) is 7.11 Å². The monoisotopic (exact) mass is 337 g/mol. The van der Waals surface area contributed by atoms with E-state index in [4.69, 9.17) is 4.74 Å². The van der Waals surface area contributed by atoms with Gasteiger partial charge in [-0.1, -0.05) is 6.07 Å². The minimum absolute atomic E-state index is 0.0456. The summed E-state index contributed by atoms with van der Waals surface area (Å²) in [5, 5.41) is 6.11. The van der Waals surface area contributed by atoms with E-state index in [0.29, 0.717) is 11.1 Å². The lowest BCUT2D eigenvalue weighted by Crippen LogP contribution is -2.32. The van der Waals surface area contributed by atoms with Crippen molar-refractivity contribution in [3.05, 3.63) is 40.2 Å². The summed E-state index contributed by atoms with van der Waals surface area (Å²) >= 11 is 0. The average molecular weight is 337 g/mol. The molecule has 0 radical (unpaired) electrons. The van der Waals surface area contributed by atoms with Gasteiger partial charge < -0.3 is 4.74 Å². The second-order valence-electron chi connectivity index (χ2n) is 5.34. The first-order valence-electron chi connectivity index (χ1n) is 6.91. The molecule has 0 aliphatic heterocycles. The van der Waals surface area contributed by atoms with Gasteiger partial charge in [0, 0.05) is 0 Å². The number of amides is 1. The van der Waals surface area contributed by atoms with Crippen molar-refractivity contribution in [2.45, 2.75) is 32.6 Å². The molecule has 0 aliphatic rings. The van der Waals surface area contributed by atoms with Crippen LogP contribution in [0.5, 0.6) is 5.75 Å². The Balaban J connectivity index is 2.47. The number of aromatic nitrogens is 2.